The van der Waals surface area contributed by atoms with Gasteiger partial charge in [0.1, 0.15) is 6.04 Å². The molecular weight excluding hydrogens is 410 g/mol. The fourth-order valence-electron chi connectivity index (χ4n) is 3.05. The third-order valence-corrected chi connectivity index (χ3v) is 5.17. The lowest BCUT2D eigenvalue weighted by atomic mass is 9.53. The molecule has 0 aliphatic carbocycles. The van der Waals surface area contributed by atoms with E-state index in [2.05, 4.69) is 4.99 Å². The molecule has 0 saturated carbocycles. The summed E-state index contributed by atoms with van der Waals surface area (Å²) in [6, 6.07) is 9.22. The number of nitrogens with two attached hydrogens (primary N) is 3. The number of guanidine groups is 1. The molecule has 0 aliphatic heterocycles. The smallest absolute Gasteiger partial charge is 0.430 e. The van der Waals surface area contributed by atoms with Crippen molar-refractivity contribution in [2.45, 2.75) is 39.3 Å². The highest BCUT2D eigenvalue weighted by Gasteiger charge is 2.33. The van der Waals surface area contributed by atoms with Gasteiger partial charge in [-0.2, -0.15) is 0 Å². The van der Waals surface area contributed by atoms with E-state index in [1.807, 2.05) is 32.9 Å². The number of aryl methyl sites for hydroxylation is 2. The van der Waals surface area contributed by atoms with E-state index in [-0.39, 0.29) is 5.96 Å². The van der Waals surface area contributed by atoms with Crippen molar-refractivity contribution < 1.29 is 9.45 Å². The van der Waals surface area contributed by atoms with Gasteiger partial charge < -0.3 is 21.9 Å². The van der Waals surface area contributed by atoms with Crippen LogP contribution in [0.15, 0.2) is 41.4 Å². The molecule has 6 N–H and O–H groups in total. The molecule has 2 unspecified atom stereocenters. The monoisotopic (exact) mass is 434 g/mol. The van der Waals surface area contributed by atoms with E-state index in [0.29, 0.717) is 16.5 Å². The van der Waals surface area contributed by atoms with E-state index in [1.54, 1.807) is 24.3 Å². The molecular formula is C20H25BCl2N4O2. The third kappa shape index (κ3) is 5.89. The Kier molecular flexibility index (Phi) is 7.96. The van der Waals surface area contributed by atoms with Crippen LogP contribution >= 0.6 is 23.2 Å². The van der Waals surface area contributed by atoms with E-state index in [9.17, 15) is 4.79 Å². The minimum atomic E-state index is -1.02. The van der Waals surface area contributed by atoms with Crippen molar-refractivity contribution in [3.63, 3.8) is 0 Å². The number of carbonyl (C=O) groups excluding carboxylic acids is 1. The Labute approximate surface area is 181 Å². The van der Waals surface area contributed by atoms with Crippen LogP contribution in [0.1, 0.15) is 24.5 Å². The molecule has 0 heterocycles. The van der Waals surface area contributed by atoms with Gasteiger partial charge in [-0.1, -0.05) is 53.4 Å². The Bertz CT molecular complexity index is 868. The number of aliphatic imine (C=N–C) groups is 1. The van der Waals surface area contributed by atoms with Crippen molar-refractivity contribution >= 4 is 53.0 Å². The van der Waals surface area contributed by atoms with Crippen LogP contribution in [0.4, 0.5) is 0 Å². The SMILES string of the molecule is CCC(N=C(N)N)C(N)C(=O)OB(c1cc(Cl)ccc1C)c1cc(Cl)ccc1C. The Morgan fingerprint density at radius 2 is 1.55 bits per heavy atom. The van der Waals surface area contributed by atoms with Gasteiger partial charge in [0.2, 0.25) is 0 Å². The summed E-state index contributed by atoms with van der Waals surface area (Å²) in [6.45, 7) is 4.94. The second-order valence-corrected chi connectivity index (χ2v) is 7.75. The quantitative estimate of drug-likeness (QED) is 0.348. The van der Waals surface area contributed by atoms with Gasteiger partial charge in [0.05, 0.1) is 6.04 Å². The van der Waals surface area contributed by atoms with Crippen LogP contribution in [0.3, 0.4) is 0 Å². The number of benzene rings is 2. The molecule has 0 bridgehead atoms. The van der Waals surface area contributed by atoms with Gasteiger partial charge in [0.15, 0.2) is 5.96 Å². The molecule has 2 rings (SSSR count). The Morgan fingerprint density at radius 1 is 1.07 bits per heavy atom. The second kappa shape index (κ2) is 10.0. The maximum Gasteiger partial charge on any atom is 0.430 e. The maximum absolute atomic E-state index is 12.9. The molecule has 0 saturated heterocycles. The van der Waals surface area contributed by atoms with Crippen molar-refractivity contribution in [3.8, 4) is 0 Å². The largest absolute Gasteiger partial charge is 0.525 e. The zero-order valence-corrected chi connectivity index (χ0v) is 18.2. The Morgan fingerprint density at radius 3 is 1.97 bits per heavy atom. The minimum Gasteiger partial charge on any atom is -0.525 e. The molecule has 29 heavy (non-hydrogen) atoms. The number of hydrogen-bond donors (Lipinski definition) is 3. The molecule has 0 aliphatic rings. The van der Waals surface area contributed by atoms with Crippen LogP contribution in [-0.2, 0) is 9.45 Å². The van der Waals surface area contributed by atoms with Crippen LogP contribution in [0.2, 0.25) is 10.0 Å². The van der Waals surface area contributed by atoms with Gasteiger partial charge in [-0.15, -0.1) is 0 Å². The lowest BCUT2D eigenvalue weighted by molar-refractivity contribution is -0.136. The first kappa shape index (κ1) is 23.1. The molecule has 6 nitrogen and oxygen atoms in total. The molecule has 0 spiro atoms. The summed E-state index contributed by atoms with van der Waals surface area (Å²) in [5, 5.41) is 1.06. The highest BCUT2D eigenvalue weighted by atomic mass is 35.5. The minimum absolute atomic E-state index is 0.131. The first-order valence-corrected chi connectivity index (χ1v) is 9.96. The van der Waals surface area contributed by atoms with E-state index < -0.39 is 25.0 Å². The second-order valence-electron chi connectivity index (χ2n) is 6.87. The summed E-state index contributed by atoms with van der Waals surface area (Å²) in [4.78, 5) is 16.9. The fraction of sp³-hybridized carbons (Fsp3) is 0.300. The van der Waals surface area contributed by atoms with Crippen molar-refractivity contribution in [1.29, 1.82) is 0 Å². The number of rotatable bonds is 7. The third-order valence-electron chi connectivity index (χ3n) is 4.70. The fourth-order valence-corrected chi connectivity index (χ4v) is 3.41. The van der Waals surface area contributed by atoms with Gasteiger partial charge in [-0.05, 0) is 55.5 Å². The number of halogens is 2. The van der Waals surface area contributed by atoms with Crippen LogP contribution in [0.5, 0.6) is 0 Å². The molecule has 2 atom stereocenters. The number of hydrogen-bond acceptors (Lipinski definition) is 4. The maximum atomic E-state index is 12.9. The highest BCUT2D eigenvalue weighted by Crippen LogP contribution is 2.14. The van der Waals surface area contributed by atoms with Crippen molar-refractivity contribution in [1.82, 2.24) is 0 Å². The molecule has 0 aromatic heterocycles. The molecule has 2 aromatic carbocycles. The lowest BCUT2D eigenvalue weighted by Gasteiger charge is -2.23. The summed E-state index contributed by atoms with van der Waals surface area (Å²) >= 11 is 12.4. The molecule has 9 heteroatoms. The molecule has 0 amide bonds. The average Bonchev–Trinajstić information content (AvgIpc) is 2.67. The average molecular weight is 435 g/mol. The summed E-state index contributed by atoms with van der Waals surface area (Å²) < 4.78 is 5.89. The number of nitrogens with zero attached hydrogens (tertiary/aromatic N) is 1. The summed E-state index contributed by atoms with van der Waals surface area (Å²) in [5.74, 6) is -0.751. The standard InChI is InChI=1S/C20H25BCl2N4O2/c1-4-17(27-20(25)26)18(24)19(28)29-21(15-9-13(22)7-5-11(15)2)16-10-14(23)8-6-12(16)3/h5-10,17-18H,4,24H2,1-3H3,(H4,25,26,27). The first-order valence-electron chi connectivity index (χ1n) is 9.21. The van der Waals surface area contributed by atoms with E-state index in [1.165, 1.54) is 0 Å². The summed E-state index contributed by atoms with van der Waals surface area (Å²) in [5.41, 5.74) is 20.3. The predicted molar refractivity (Wildman–Crippen MR) is 121 cm³/mol. The molecule has 154 valence electrons. The van der Waals surface area contributed by atoms with Crippen molar-refractivity contribution in [3.05, 3.63) is 57.6 Å². The first-order chi connectivity index (χ1) is 13.6. The zero-order valence-electron chi connectivity index (χ0n) is 16.7. The lowest BCUT2D eigenvalue weighted by Crippen LogP contribution is -2.53. The van der Waals surface area contributed by atoms with Crippen molar-refractivity contribution in [2.24, 2.45) is 22.2 Å². The zero-order chi connectivity index (χ0) is 21.7. The molecule has 0 radical (unpaired) electrons. The van der Waals surface area contributed by atoms with Crippen LogP contribution < -0.4 is 28.1 Å². The van der Waals surface area contributed by atoms with Gasteiger partial charge in [0.25, 0.3) is 0 Å². The Hall–Kier alpha value is -2.22. The van der Waals surface area contributed by atoms with Crippen LogP contribution in [-0.4, -0.2) is 30.9 Å². The van der Waals surface area contributed by atoms with Gasteiger partial charge in [-0.3, -0.25) is 4.79 Å². The molecule has 0 fully saturated rings. The van der Waals surface area contributed by atoms with Gasteiger partial charge in [-0.25, -0.2) is 4.99 Å². The van der Waals surface area contributed by atoms with E-state index >= 15 is 0 Å². The topological polar surface area (TPSA) is 117 Å². The Balaban J connectivity index is 2.48. The van der Waals surface area contributed by atoms with Crippen LogP contribution in [0, 0.1) is 13.8 Å². The predicted octanol–water partition coefficient (Wildman–Crippen LogP) is 1.64. The number of carbonyl (C=O) groups is 1. The van der Waals surface area contributed by atoms with Gasteiger partial charge >= 0.3 is 12.9 Å². The molecule has 2 aromatic rings. The van der Waals surface area contributed by atoms with Gasteiger partial charge in [0, 0.05) is 10.0 Å². The van der Waals surface area contributed by atoms with E-state index in [4.69, 9.17) is 45.1 Å². The highest BCUT2D eigenvalue weighted by molar-refractivity contribution is 6.82. The summed E-state index contributed by atoms with van der Waals surface area (Å²) in [7, 11) is 0. The van der Waals surface area contributed by atoms with Crippen molar-refractivity contribution in [2.75, 3.05) is 0 Å². The van der Waals surface area contributed by atoms with E-state index in [0.717, 1.165) is 22.1 Å². The normalized spacial score (nSPS) is 12.8. The summed E-state index contributed by atoms with van der Waals surface area (Å²) in [6.07, 6.45) is 0.477. The van der Waals surface area contributed by atoms with Crippen LogP contribution in [0.25, 0.3) is 0 Å².